The van der Waals surface area contributed by atoms with Gasteiger partial charge in [0.2, 0.25) is 11.9 Å². The molecule has 33 heavy (non-hydrogen) atoms. The van der Waals surface area contributed by atoms with Gasteiger partial charge in [0.05, 0.1) is 11.1 Å². The van der Waals surface area contributed by atoms with Gasteiger partial charge in [0.25, 0.3) is 11.8 Å². The lowest BCUT2D eigenvalue weighted by atomic mass is 10.0. The third kappa shape index (κ3) is 4.53. The fourth-order valence-electron chi connectivity index (χ4n) is 3.83. The average molecular weight is 460 g/mol. The molecule has 1 fully saturated rings. The molecule has 0 unspecified atom stereocenters. The molecule has 0 saturated heterocycles. The Bertz CT molecular complexity index is 1100. The maximum atomic E-state index is 13.5. The number of amides is 1. The predicted molar refractivity (Wildman–Crippen MR) is 113 cm³/mol. The molecular weight excluding hydrogens is 437 g/mol. The second kappa shape index (κ2) is 9.16. The summed E-state index contributed by atoms with van der Waals surface area (Å²) in [5, 5.41) is 6.92. The van der Waals surface area contributed by atoms with Gasteiger partial charge in [-0.1, -0.05) is 12.1 Å². The summed E-state index contributed by atoms with van der Waals surface area (Å²) >= 11 is 0. The van der Waals surface area contributed by atoms with Crippen molar-refractivity contribution in [3.05, 3.63) is 53.9 Å². The number of rotatable bonds is 9. The zero-order chi connectivity index (χ0) is 23.6. The van der Waals surface area contributed by atoms with Crippen LogP contribution in [-0.2, 0) is 10.3 Å². The molecule has 0 N–H and O–H groups in total. The van der Waals surface area contributed by atoms with Crippen molar-refractivity contribution in [3.8, 4) is 11.5 Å². The molecule has 2 aromatic heterocycles. The van der Waals surface area contributed by atoms with Gasteiger partial charge < -0.3 is 14.2 Å². The van der Waals surface area contributed by atoms with Crippen molar-refractivity contribution < 1.29 is 22.4 Å². The van der Waals surface area contributed by atoms with Crippen LogP contribution in [0.15, 0.2) is 41.1 Å². The molecule has 4 rings (SSSR count). The zero-order valence-corrected chi connectivity index (χ0v) is 18.2. The molecule has 174 valence electrons. The SMILES string of the molecule is CCN(CC)C(=O)CN(c1ncc(-c2nnc(C(F)F)o2)cn1)C1(c2ccc(F)cc2)CC1. The highest BCUT2D eigenvalue weighted by Gasteiger charge is 2.51. The van der Waals surface area contributed by atoms with Crippen LogP contribution in [0.2, 0.25) is 0 Å². The van der Waals surface area contributed by atoms with E-state index in [0.29, 0.717) is 13.1 Å². The minimum Gasteiger partial charge on any atom is -0.415 e. The van der Waals surface area contributed by atoms with E-state index in [1.165, 1.54) is 24.5 Å². The van der Waals surface area contributed by atoms with Gasteiger partial charge in [-0.25, -0.2) is 14.4 Å². The minimum absolute atomic E-state index is 0.0362. The molecule has 3 aromatic rings. The van der Waals surface area contributed by atoms with Crippen LogP contribution in [-0.4, -0.2) is 50.6 Å². The van der Waals surface area contributed by atoms with Crippen LogP contribution in [0, 0.1) is 5.82 Å². The van der Waals surface area contributed by atoms with E-state index < -0.39 is 17.9 Å². The number of halogens is 3. The van der Waals surface area contributed by atoms with E-state index >= 15 is 0 Å². The number of likely N-dealkylation sites (N-methyl/N-ethyl adjacent to an activating group) is 1. The molecular formula is C22H23F3N6O2. The zero-order valence-electron chi connectivity index (χ0n) is 18.2. The highest BCUT2D eigenvalue weighted by Crippen LogP contribution is 2.52. The summed E-state index contributed by atoms with van der Waals surface area (Å²) in [6, 6.07) is 6.19. The average Bonchev–Trinajstić information content (AvgIpc) is 3.46. The lowest BCUT2D eigenvalue weighted by Crippen LogP contribution is -2.45. The van der Waals surface area contributed by atoms with Crippen LogP contribution in [0.3, 0.4) is 0 Å². The van der Waals surface area contributed by atoms with Crippen molar-refractivity contribution in [2.75, 3.05) is 24.5 Å². The van der Waals surface area contributed by atoms with Gasteiger partial charge >= 0.3 is 6.43 Å². The Morgan fingerprint density at radius 2 is 1.73 bits per heavy atom. The van der Waals surface area contributed by atoms with Crippen molar-refractivity contribution in [2.24, 2.45) is 0 Å². The van der Waals surface area contributed by atoms with E-state index in [1.54, 1.807) is 17.0 Å². The first-order valence-corrected chi connectivity index (χ1v) is 10.6. The van der Waals surface area contributed by atoms with Crippen LogP contribution < -0.4 is 4.90 Å². The van der Waals surface area contributed by atoms with Gasteiger partial charge in [-0.3, -0.25) is 4.79 Å². The Kier molecular flexibility index (Phi) is 6.30. The Morgan fingerprint density at radius 1 is 1.09 bits per heavy atom. The smallest absolute Gasteiger partial charge is 0.314 e. The number of carbonyl (C=O) groups is 1. The highest BCUT2D eigenvalue weighted by atomic mass is 19.3. The number of alkyl halides is 2. The fourth-order valence-corrected chi connectivity index (χ4v) is 3.83. The number of hydrogen-bond acceptors (Lipinski definition) is 7. The second-order valence-electron chi connectivity index (χ2n) is 7.71. The molecule has 0 aliphatic heterocycles. The Hall–Kier alpha value is -3.50. The summed E-state index contributed by atoms with van der Waals surface area (Å²) in [5.41, 5.74) is 0.605. The van der Waals surface area contributed by atoms with Crippen LogP contribution in [0.5, 0.6) is 0 Å². The van der Waals surface area contributed by atoms with Crippen molar-refractivity contribution in [1.29, 1.82) is 0 Å². The number of aromatic nitrogens is 4. The standard InChI is InChI=1S/C22H23F3N6O2/c1-3-30(4-2)17(32)13-31(22(9-10-22)15-5-7-16(23)8-6-15)21-26-11-14(12-27-21)19-28-29-20(33-19)18(24)25/h5-8,11-12,18H,3-4,9-10,13H2,1-2H3. The van der Waals surface area contributed by atoms with Gasteiger partial charge in [0, 0.05) is 25.5 Å². The summed E-state index contributed by atoms with van der Waals surface area (Å²) in [6.07, 6.45) is 1.40. The summed E-state index contributed by atoms with van der Waals surface area (Å²) in [6.45, 7) is 4.98. The molecule has 2 heterocycles. The van der Waals surface area contributed by atoms with Gasteiger partial charge in [-0.15, -0.1) is 10.2 Å². The lowest BCUT2D eigenvalue weighted by Gasteiger charge is -2.33. The molecule has 0 bridgehead atoms. The maximum Gasteiger partial charge on any atom is 0.314 e. The second-order valence-corrected chi connectivity index (χ2v) is 7.71. The number of hydrogen-bond donors (Lipinski definition) is 0. The van der Waals surface area contributed by atoms with E-state index in [0.717, 1.165) is 18.4 Å². The van der Waals surface area contributed by atoms with Crippen LogP contribution in [0.25, 0.3) is 11.5 Å². The van der Waals surface area contributed by atoms with Gasteiger partial charge in [-0.2, -0.15) is 8.78 Å². The number of anilines is 1. The minimum atomic E-state index is -2.88. The lowest BCUT2D eigenvalue weighted by molar-refractivity contribution is -0.129. The first kappa shape index (κ1) is 22.7. The van der Waals surface area contributed by atoms with Gasteiger partial charge in [0.1, 0.15) is 12.4 Å². The normalized spacial score (nSPS) is 14.4. The van der Waals surface area contributed by atoms with Crippen LogP contribution in [0.1, 0.15) is 44.6 Å². The number of benzene rings is 1. The number of nitrogens with zero attached hydrogens (tertiary/aromatic N) is 6. The summed E-state index contributed by atoms with van der Waals surface area (Å²) < 4.78 is 44.0. The maximum absolute atomic E-state index is 13.5. The number of carbonyl (C=O) groups excluding carboxylic acids is 1. The first-order chi connectivity index (χ1) is 15.9. The fraction of sp³-hybridized carbons (Fsp3) is 0.409. The van der Waals surface area contributed by atoms with E-state index in [1.807, 2.05) is 18.7 Å². The van der Waals surface area contributed by atoms with Crippen molar-refractivity contribution in [2.45, 2.75) is 38.7 Å². The molecule has 0 atom stereocenters. The monoisotopic (exact) mass is 460 g/mol. The van der Waals surface area contributed by atoms with E-state index in [4.69, 9.17) is 4.42 Å². The van der Waals surface area contributed by atoms with Crippen molar-refractivity contribution in [3.63, 3.8) is 0 Å². The molecule has 0 spiro atoms. The first-order valence-electron chi connectivity index (χ1n) is 10.6. The molecule has 1 aromatic carbocycles. The van der Waals surface area contributed by atoms with Crippen molar-refractivity contribution in [1.82, 2.24) is 25.1 Å². The molecule has 0 radical (unpaired) electrons. The summed E-state index contributed by atoms with van der Waals surface area (Å²) in [4.78, 5) is 25.3. The largest absolute Gasteiger partial charge is 0.415 e. The molecule has 1 aliphatic rings. The molecule has 1 amide bonds. The van der Waals surface area contributed by atoms with Crippen LogP contribution >= 0.6 is 0 Å². The molecule has 8 nitrogen and oxygen atoms in total. The van der Waals surface area contributed by atoms with Crippen LogP contribution in [0.4, 0.5) is 19.1 Å². The third-order valence-electron chi connectivity index (χ3n) is 5.79. The Labute approximate surface area is 188 Å². The van der Waals surface area contributed by atoms with Gasteiger partial charge in [-0.05, 0) is 44.4 Å². The van der Waals surface area contributed by atoms with E-state index in [-0.39, 0.29) is 35.7 Å². The molecule has 1 saturated carbocycles. The summed E-state index contributed by atoms with van der Waals surface area (Å²) in [5.74, 6) is -1.05. The summed E-state index contributed by atoms with van der Waals surface area (Å²) in [7, 11) is 0. The Balaban J connectivity index is 1.67. The van der Waals surface area contributed by atoms with E-state index in [9.17, 15) is 18.0 Å². The molecule has 11 heteroatoms. The van der Waals surface area contributed by atoms with Crippen molar-refractivity contribution >= 4 is 11.9 Å². The van der Waals surface area contributed by atoms with E-state index in [2.05, 4.69) is 20.2 Å². The Morgan fingerprint density at radius 3 is 2.24 bits per heavy atom. The molecule has 1 aliphatic carbocycles. The quantitative estimate of drug-likeness (QED) is 0.477. The predicted octanol–water partition coefficient (Wildman–Crippen LogP) is 3.97. The topological polar surface area (TPSA) is 88.3 Å². The van der Waals surface area contributed by atoms with Gasteiger partial charge in [0.15, 0.2) is 0 Å². The highest BCUT2D eigenvalue weighted by molar-refractivity contribution is 5.81. The third-order valence-corrected chi connectivity index (χ3v) is 5.79.